The highest BCUT2D eigenvalue weighted by Gasteiger charge is 2.16. The minimum Gasteiger partial charge on any atom is -0.778 e. The average Bonchev–Trinajstić information content (AvgIpc) is 2.48. The highest BCUT2D eigenvalue weighted by Crippen LogP contribution is 2.37. The third kappa shape index (κ3) is 15.6. The third-order valence-corrected chi connectivity index (χ3v) is 6.15. The van der Waals surface area contributed by atoms with Crippen LogP contribution < -0.4 is 4.89 Å². The number of rotatable bonds is 17. The highest BCUT2D eigenvalue weighted by atomic mass is 31.2. The van der Waals surface area contributed by atoms with Crippen molar-refractivity contribution in [1.82, 2.24) is 0 Å². The Morgan fingerprint density at radius 3 is 1.75 bits per heavy atom. The minimum absolute atomic E-state index is 0.167. The smallest absolute Gasteiger partial charge is 0.135 e. The van der Waals surface area contributed by atoms with Gasteiger partial charge in [-0.15, -0.1) is 0 Å². The van der Waals surface area contributed by atoms with Gasteiger partial charge in [-0.25, -0.2) is 0 Å². The lowest BCUT2D eigenvalue weighted by Gasteiger charge is -2.31. The van der Waals surface area contributed by atoms with Gasteiger partial charge in [-0.2, -0.15) is 0 Å². The molecule has 0 saturated heterocycles. The molecule has 0 aliphatic heterocycles. The van der Waals surface area contributed by atoms with Crippen molar-refractivity contribution in [1.29, 1.82) is 0 Å². The molecule has 0 saturated carbocycles. The molecule has 5 heteroatoms. The van der Waals surface area contributed by atoms with Crippen molar-refractivity contribution in [2.45, 2.75) is 84.5 Å². The van der Waals surface area contributed by atoms with E-state index in [1.54, 1.807) is 6.92 Å². The molecule has 0 aliphatic carbocycles. The summed E-state index contributed by atoms with van der Waals surface area (Å²) in [5, 5.41) is 0. The van der Waals surface area contributed by atoms with Crippen molar-refractivity contribution >= 4 is 7.60 Å². The first-order valence-electron chi connectivity index (χ1n) is 10.1. The normalized spacial score (nSPS) is 14.7. The molecule has 0 bridgehead atoms. The van der Waals surface area contributed by atoms with Gasteiger partial charge in [0, 0.05) is 12.6 Å². The van der Waals surface area contributed by atoms with Gasteiger partial charge in [0.05, 0.1) is 33.8 Å². The Morgan fingerprint density at radius 1 is 0.792 bits per heavy atom. The molecule has 24 heavy (non-hydrogen) atoms. The quantitative estimate of drug-likeness (QED) is 0.208. The van der Waals surface area contributed by atoms with Crippen LogP contribution in [0.2, 0.25) is 0 Å². The molecule has 0 aromatic carbocycles. The van der Waals surface area contributed by atoms with Gasteiger partial charge in [0.15, 0.2) is 0 Å². The zero-order valence-corrected chi connectivity index (χ0v) is 17.6. The van der Waals surface area contributed by atoms with E-state index in [9.17, 15) is 9.46 Å². The Morgan fingerprint density at radius 2 is 1.25 bits per heavy atom. The molecule has 146 valence electrons. The predicted molar refractivity (Wildman–Crippen MR) is 102 cm³/mol. The molecule has 0 aliphatic rings. The van der Waals surface area contributed by atoms with E-state index in [4.69, 9.17) is 4.52 Å². The van der Waals surface area contributed by atoms with Gasteiger partial charge in [0.1, 0.15) is 7.60 Å². The lowest BCUT2D eigenvalue weighted by Crippen LogP contribution is -2.41. The molecule has 0 aromatic rings. The van der Waals surface area contributed by atoms with Crippen LogP contribution in [-0.2, 0) is 9.09 Å². The molecule has 0 heterocycles. The van der Waals surface area contributed by atoms with Crippen molar-refractivity contribution in [2.75, 3.05) is 40.0 Å². The zero-order valence-electron chi connectivity index (χ0n) is 16.7. The maximum Gasteiger partial charge on any atom is 0.135 e. The summed E-state index contributed by atoms with van der Waals surface area (Å²) in [7, 11) is 0.804. The van der Waals surface area contributed by atoms with Gasteiger partial charge in [-0.1, -0.05) is 58.3 Å². The Bertz CT molecular complexity index is 335. The van der Waals surface area contributed by atoms with Crippen LogP contribution in [0.4, 0.5) is 0 Å². The first-order valence-corrected chi connectivity index (χ1v) is 11.8. The number of quaternary nitrogens is 1. The van der Waals surface area contributed by atoms with Gasteiger partial charge in [0.2, 0.25) is 0 Å². The topological polar surface area (TPSA) is 49.4 Å². The molecule has 0 N–H and O–H groups in total. The summed E-state index contributed by atoms with van der Waals surface area (Å²) in [4.78, 5) is 11.6. The average molecular weight is 364 g/mol. The van der Waals surface area contributed by atoms with Gasteiger partial charge >= 0.3 is 0 Å². The monoisotopic (exact) mass is 363 g/mol. The summed E-state index contributed by atoms with van der Waals surface area (Å²) >= 11 is 0. The molecule has 1 unspecified atom stereocenters. The van der Waals surface area contributed by atoms with Crippen LogP contribution in [0.1, 0.15) is 84.5 Å². The van der Waals surface area contributed by atoms with Gasteiger partial charge in [-0.05, 0) is 19.8 Å². The van der Waals surface area contributed by atoms with Crippen molar-refractivity contribution in [3.8, 4) is 0 Å². The summed E-state index contributed by atoms with van der Waals surface area (Å²) in [6.45, 7) is 6.26. The van der Waals surface area contributed by atoms with E-state index in [0.29, 0.717) is 6.42 Å². The lowest BCUT2D eigenvalue weighted by atomic mass is 10.1. The van der Waals surface area contributed by atoms with Crippen LogP contribution in [0.15, 0.2) is 0 Å². The molecular formula is C19H42NO3P. The van der Waals surface area contributed by atoms with Crippen LogP contribution in [0.25, 0.3) is 0 Å². The fraction of sp³-hybridized carbons (Fsp3) is 1.00. The summed E-state index contributed by atoms with van der Waals surface area (Å²) in [6, 6.07) is 0. The van der Waals surface area contributed by atoms with E-state index < -0.39 is 7.60 Å². The van der Waals surface area contributed by atoms with Crippen molar-refractivity contribution in [3.05, 3.63) is 0 Å². The van der Waals surface area contributed by atoms with Crippen molar-refractivity contribution < 1.29 is 18.5 Å². The molecule has 1 atom stereocenters. The molecule has 0 spiro atoms. The maximum atomic E-state index is 11.6. The van der Waals surface area contributed by atoms with E-state index in [1.165, 1.54) is 64.2 Å². The number of hydrogen-bond donors (Lipinski definition) is 0. The summed E-state index contributed by atoms with van der Waals surface area (Å²) in [5.41, 5.74) is 0. The van der Waals surface area contributed by atoms with Gasteiger partial charge in [-0.3, -0.25) is 0 Å². The summed E-state index contributed by atoms with van der Waals surface area (Å²) < 4.78 is 17.3. The minimum atomic E-state index is -3.59. The standard InChI is InChI=1S/C19H42NO3P/c1-5-7-8-9-10-11-12-13-14-15-17-20(3,4)18-16-19-24(21,22)23-6-2/h5-19H2,1-4H3. The van der Waals surface area contributed by atoms with E-state index in [-0.39, 0.29) is 12.8 Å². The van der Waals surface area contributed by atoms with Crippen molar-refractivity contribution in [3.63, 3.8) is 0 Å². The molecule has 4 nitrogen and oxygen atoms in total. The second-order valence-electron chi connectivity index (χ2n) is 7.67. The first kappa shape index (κ1) is 24.1. The lowest BCUT2D eigenvalue weighted by molar-refractivity contribution is -0.890. The van der Waals surface area contributed by atoms with Crippen LogP contribution >= 0.6 is 7.60 Å². The molecule has 0 aromatic heterocycles. The highest BCUT2D eigenvalue weighted by molar-refractivity contribution is 7.51. The van der Waals surface area contributed by atoms with Crippen LogP contribution in [-0.4, -0.2) is 44.4 Å². The Hall–Kier alpha value is 0.110. The summed E-state index contributed by atoms with van der Waals surface area (Å²) in [5.74, 6) is 0. The first-order chi connectivity index (χ1) is 11.3. The van der Waals surface area contributed by atoms with E-state index in [2.05, 4.69) is 21.0 Å². The molecule has 0 amide bonds. The van der Waals surface area contributed by atoms with Gasteiger partial charge in [0.25, 0.3) is 0 Å². The fourth-order valence-corrected chi connectivity index (χ4v) is 4.14. The summed E-state index contributed by atoms with van der Waals surface area (Å²) in [6.07, 6.45) is 14.4. The Labute approximate surface area is 151 Å². The number of hydrogen-bond acceptors (Lipinski definition) is 3. The molecular weight excluding hydrogens is 321 g/mol. The van der Waals surface area contributed by atoms with E-state index in [1.807, 2.05) is 0 Å². The van der Waals surface area contributed by atoms with Crippen LogP contribution in [0.5, 0.6) is 0 Å². The fourth-order valence-electron chi connectivity index (χ4n) is 3.09. The molecule has 0 fully saturated rings. The van der Waals surface area contributed by atoms with E-state index >= 15 is 0 Å². The second kappa shape index (κ2) is 14.3. The van der Waals surface area contributed by atoms with E-state index in [0.717, 1.165) is 17.6 Å². The number of nitrogens with zero attached hydrogens (tertiary/aromatic N) is 1. The molecule has 0 rings (SSSR count). The Balaban J connectivity index is 3.55. The molecule has 0 radical (unpaired) electrons. The van der Waals surface area contributed by atoms with Crippen molar-refractivity contribution in [2.24, 2.45) is 0 Å². The number of unbranched alkanes of at least 4 members (excludes halogenated alkanes) is 9. The maximum absolute atomic E-state index is 11.6. The van der Waals surface area contributed by atoms with Crippen LogP contribution in [0.3, 0.4) is 0 Å². The second-order valence-corrected chi connectivity index (χ2v) is 9.60. The Kier molecular flexibility index (Phi) is 14.4. The zero-order chi connectivity index (χ0) is 18.3. The largest absolute Gasteiger partial charge is 0.778 e. The van der Waals surface area contributed by atoms with Crippen LogP contribution in [0, 0.1) is 0 Å². The SMILES string of the molecule is CCCCCCCCCCCC[N+](C)(C)CCCP(=O)([O-])OCC. The predicted octanol–water partition coefficient (Wildman–Crippen LogP) is 4.96. The van der Waals surface area contributed by atoms with Gasteiger partial charge < -0.3 is 18.5 Å². The third-order valence-electron chi connectivity index (χ3n) is 4.64.